The van der Waals surface area contributed by atoms with Crippen molar-refractivity contribution in [1.82, 2.24) is 4.72 Å². The fraction of sp³-hybridized carbons (Fsp3) is 0.462. The predicted molar refractivity (Wildman–Crippen MR) is 72.4 cm³/mol. The topological polar surface area (TPSA) is 83.5 Å². The van der Waals surface area contributed by atoms with Crippen LogP contribution in [-0.2, 0) is 14.8 Å². The molecular weight excluding hydrogens is 285 g/mol. The molecule has 0 fully saturated rings. The summed E-state index contributed by atoms with van der Waals surface area (Å²) in [5, 5.41) is 8.64. The second-order valence-electron chi connectivity index (χ2n) is 5.35. The number of nitrogens with one attached hydrogen (secondary N) is 1. The Labute approximate surface area is 117 Å². The molecule has 0 saturated heterocycles. The molecular formula is C13H18FNO4S. The van der Waals surface area contributed by atoms with Gasteiger partial charge in [0.15, 0.2) is 0 Å². The van der Waals surface area contributed by atoms with Crippen LogP contribution in [0.2, 0.25) is 0 Å². The summed E-state index contributed by atoms with van der Waals surface area (Å²) in [6.07, 6.45) is -0.0203. The Bertz CT molecular complexity index is 591. The Balaban J connectivity index is 2.96. The maximum absolute atomic E-state index is 13.3. The fourth-order valence-electron chi connectivity index (χ4n) is 1.75. The molecule has 112 valence electrons. The maximum atomic E-state index is 13.3. The highest BCUT2D eigenvalue weighted by Gasteiger charge is 2.27. The van der Waals surface area contributed by atoms with Crippen molar-refractivity contribution in [3.8, 4) is 0 Å². The van der Waals surface area contributed by atoms with E-state index < -0.39 is 27.3 Å². The third-order valence-electron chi connectivity index (χ3n) is 2.70. The van der Waals surface area contributed by atoms with Gasteiger partial charge in [0.05, 0.1) is 4.90 Å². The molecule has 1 aromatic rings. The van der Waals surface area contributed by atoms with E-state index in [1.54, 1.807) is 20.8 Å². The van der Waals surface area contributed by atoms with Gasteiger partial charge in [-0.3, -0.25) is 4.79 Å². The van der Waals surface area contributed by atoms with E-state index in [-0.39, 0.29) is 17.7 Å². The number of aliphatic carboxylic acids is 1. The lowest BCUT2D eigenvalue weighted by Crippen LogP contribution is -2.43. The number of halogens is 1. The van der Waals surface area contributed by atoms with Crippen molar-refractivity contribution in [1.29, 1.82) is 0 Å². The second kappa shape index (κ2) is 5.88. The van der Waals surface area contributed by atoms with Gasteiger partial charge < -0.3 is 5.11 Å². The predicted octanol–water partition coefficient (Wildman–Crippen LogP) is 2.06. The summed E-state index contributed by atoms with van der Waals surface area (Å²) in [5.74, 6) is -1.63. The van der Waals surface area contributed by atoms with Crippen molar-refractivity contribution in [2.45, 2.75) is 44.0 Å². The Hall–Kier alpha value is -1.47. The third kappa shape index (κ3) is 4.90. The summed E-state index contributed by atoms with van der Waals surface area (Å²) >= 11 is 0. The lowest BCUT2D eigenvalue weighted by Gasteiger charge is -2.25. The van der Waals surface area contributed by atoms with Gasteiger partial charge in [0.25, 0.3) is 0 Å². The number of aryl methyl sites for hydroxylation is 1. The Morgan fingerprint density at radius 1 is 1.35 bits per heavy atom. The SMILES string of the molecule is Cc1cc(F)cc(S(=O)(=O)NC(C)(C)CCC(=O)O)c1. The molecule has 0 unspecified atom stereocenters. The lowest BCUT2D eigenvalue weighted by atomic mass is 10.0. The van der Waals surface area contributed by atoms with Crippen molar-refractivity contribution in [3.63, 3.8) is 0 Å². The summed E-state index contributed by atoms with van der Waals surface area (Å²) < 4.78 is 40.0. The molecule has 0 amide bonds. The zero-order chi connectivity index (χ0) is 15.6. The lowest BCUT2D eigenvalue weighted by molar-refractivity contribution is -0.137. The van der Waals surface area contributed by atoms with Gasteiger partial charge in [0.2, 0.25) is 10.0 Å². The quantitative estimate of drug-likeness (QED) is 0.842. The average molecular weight is 303 g/mol. The molecule has 0 aliphatic carbocycles. The van der Waals surface area contributed by atoms with E-state index in [1.807, 2.05) is 0 Å². The third-order valence-corrected chi connectivity index (χ3v) is 4.38. The molecule has 0 heterocycles. The zero-order valence-electron chi connectivity index (χ0n) is 11.6. The Kier molecular flexibility index (Phi) is 4.88. The van der Waals surface area contributed by atoms with Gasteiger partial charge in [0, 0.05) is 12.0 Å². The van der Waals surface area contributed by atoms with Gasteiger partial charge >= 0.3 is 5.97 Å². The first kappa shape index (κ1) is 16.6. The summed E-state index contributed by atoms with van der Waals surface area (Å²) in [6.45, 7) is 4.76. The van der Waals surface area contributed by atoms with Crippen molar-refractivity contribution >= 4 is 16.0 Å². The molecule has 0 bridgehead atoms. The molecule has 1 rings (SSSR count). The van der Waals surface area contributed by atoms with Crippen LogP contribution in [0, 0.1) is 12.7 Å². The highest BCUT2D eigenvalue weighted by atomic mass is 32.2. The van der Waals surface area contributed by atoms with Gasteiger partial charge in [0.1, 0.15) is 5.82 Å². The van der Waals surface area contributed by atoms with Crippen molar-refractivity contribution in [3.05, 3.63) is 29.6 Å². The van der Waals surface area contributed by atoms with E-state index in [2.05, 4.69) is 4.72 Å². The van der Waals surface area contributed by atoms with Crippen LogP contribution >= 0.6 is 0 Å². The van der Waals surface area contributed by atoms with Gasteiger partial charge in [-0.15, -0.1) is 0 Å². The van der Waals surface area contributed by atoms with Crippen molar-refractivity contribution in [2.24, 2.45) is 0 Å². The van der Waals surface area contributed by atoms with E-state index >= 15 is 0 Å². The minimum atomic E-state index is -3.89. The molecule has 0 aliphatic heterocycles. The standard InChI is InChI=1S/C13H18FNO4S/c1-9-6-10(14)8-11(7-9)20(18,19)15-13(2,3)5-4-12(16)17/h6-8,15H,4-5H2,1-3H3,(H,16,17). The van der Waals surface area contributed by atoms with Crippen LogP contribution < -0.4 is 4.72 Å². The summed E-state index contributed by atoms with van der Waals surface area (Å²) in [7, 11) is -3.89. The largest absolute Gasteiger partial charge is 0.481 e. The monoisotopic (exact) mass is 303 g/mol. The highest BCUT2D eigenvalue weighted by molar-refractivity contribution is 7.89. The smallest absolute Gasteiger partial charge is 0.303 e. The normalized spacial score (nSPS) is 12.4. The van der Waals surface area contributed by atoms with Crippen LogP contribution in [0.5, 0.6) is 0 Å². The summed E-state index contributed by atoms with van der Waals surface area (Å²) in [4.78, 5) is 10.4. The minimum Gasteiger partial charge on any atom is -0.481 e. The van der Waals surface area contributed by atoms with Crippen molar-refractivity contribution < 1.29 is 22.7 Å². The first-order valence-electron chi connectivity index (χ1n) is 6.05. The molecule has 0 saturated carbocycles. The Morgan fingerprint density at radius 3 is 2.45 bits per heavy atom. The summed E-state index contributed by atoms with van der Waals surface area (Å²) in [6, 6.07) is 3.52. The zero-order valence-corrected chi connectivity index (χ0v) is 12.4. The molecule has 2 N–H and O–H groups in total. The molecule has 7 heteroatoms. The number of carboxylic acids is 1. The number of carboxylic acid groups (broad SMARTS) is 1. The van der Waals surface area contributed by atoms with E-state index in [0.717, 1.165) is 6.07 Å². The first-order chi connectivity index (χ1) is 9.02. The number of sulfonamides is 1. The van der Waals surface area contributed by atoms with Crippen LogP contribution in [0.4, 0.5) is 4.39 Å². The van der Waals surface area contributed by atoms with Crippen LogP contribution in [-0.4, -0.2) is 25.0 Å². The second-order valence-corrected chi connectivity index (χ2v) is 7.03. The van der Waals surface area contributed by atoms with Gasteiger partial charge in [-0.2, -0.15) is 0 Å². The van der Waals surface area contributed by atoms with E-state index in [1.165, 1.54) is 12.1 Å². The molecule has 1 aromatic carbocycles. The maximum Gasteiger partial charge on any atom is 0.303 e. The van der Waals surface area contributed by atoms with Gasteiger partial charge in [-0.05, 0) is 51.0 Å². The molecule has 0 radical (unpaired) electrons. The summed E-state index contributed by atoms with van der Waals surface area (Å²) in [5.41, 5.74) is -0.439. The molecule has 0 aliphatic rings. The molecule has 0 aromatic heterocycles. The van der Waals surface area contributed by atoms with Gasteiger partial charge in [-0.1, -0.05) is 0 Å². The number of carbonyl (C=O) groups is 1. The molecule has 5 nitrogen and oxygen atoms in total. The minimum absolute atomic E-state index is 0.135. The van der Waals surface area contributed by atoms with Crippen LogP contribution in [0.15, 0.2) is 23.1 Å². The number of hydrogen-bond donors (Lipinski definition) is 2. The molecule has 20 heavy (non-hydrogen) atoms. The first-order valence-corrected chi connectivity index (χ1v) is 7.53. The van der Waals surface area contributed by atoms with E-state index in [4.69, 9.17) is 5.11 Å². The van der Waals surface area contributed by atoms with Crippen LogP contribution in [0.1, 0.15) is 32.3 Å². The van der Waals surface area contributed by atoms with Crippen LogP contribution in [0.25, 0.3) is 0 Å². The number of rotatable bonds is 6. The van der Waals surface area contributed by atoms with Crippen LogP contribution in [0.3, 0.4) is 0 Å². The highest BCUT2D eigenvalue weighted by Crippen LogP contribution is 2.19. The van der Waals surface area contributed by atoms with E-state index in [0.29, 0.717) is 5.56 Å². The Morgan fingerprint density at radius 2 is 1.95 bits per heavy atom. The van der Waals surface area contributed by atoms with Crippen molar-refractivity contribution in [2.75, 3.05) is 0 Å². The fourth-order valence-corrected chi connectivity index (χ4v) is 3.31. The van der Waals surface area contributed by atoms with E-state index in [9.17, 15) is 17.6 Å². The average Bonchev–Trinajstić information content (AvgIpc) is 2.24. The molecule has 0 atom stereocenters. The number of benzene rings is 1. The van der Waals surface area contributed by atoms with Gasteiger partial charge in [-0.25, -0.2) is 17.5 Å². The number of hydrogen-bond acceptors (Lipinski definition) is 3. The molecule has 0 spiro atoms.